The number of hydrogen-bond acceptors (Lipinski definition) is 6. The highest BCUT2D eigenvalue weighted by atomic mass is 16.4. The number of rotatable bonds is 2. The predicted molar refractivity (Wildman–Crippen MR) is 77.9 cm³/mol. The molecule has 0 amide bonds. The molecule has 3 aromatic rings. The monoisotopic (exact) mass is 304 g/mol. The summed E-state index contributed by atoms with van der Waals surface area (Å²) in [5.41, 5.74) is 2.20. The molecule has 0 saturated heterocycles. The zero-order valence-electron chi connectivity index (χ0n) is 13.0. The Bertz CT molecular complexity index is 938. The van der Waals surface area contributed by atoms with Gasteiger partial charge >= 0.3 is 5.76 Å². The van der Waals surface area contributed by atoms with Crippen LogP contribution < -0.4 is 5.76 Å². The molecular weight excluding hydrogens is 288 g/mol. The minimum Gasteiger partial charge on any atom is -0.431 e. The summed E-state index contributed by atoms with van der Waals surface area (Å²) in [6.07, 6.45) is 0. The van der Waals surface area contributed by atoms with Crippen molar-refractivity contribution < 1.29 is 13.6 Å². The minimum absolute atomic E-state index is 0.0220. The van der Waals surface area contributed by atoms with Crippen LogP contribution in [0.4, 0.5) is 0 Å². The summed E-state index contributed by atoms with van der Waals surface area (Å²) in [6.45, 7) is 9.08. The third kappa shape index (κ3) is 1.91. The number of aromatic nitrogens is 4. The highest BCUT2D eigenvalue weighted by molar-refractivity contribution is 5.86. The first-order valence-electron chi connectivity index (χ1n) is 6.91. The first-order valence-corrected chi connectivity index (χ1v) is 6.91. The fraction of sp³-hybridized carbons (Fsp3) is 0.429. The van der Waals surface area contributed by atoms with Crippen molar-refractivity contribution in [2.45, 2.75) is 40.7 Å². The summed E-state index contributed by atoms with van der Waals surface area (Å²) in [5.74, 6) is -1.06. The van der Waals surface area contributed by atoms with Crippen LogP contribution in [0.15, 0.2) is 13.6 Å². The quantitative estimate of drug-likeness (QED) is 0.720. The minimum atomic E-state index is -0.833. The number of hydrogen-bond donors (Lipinski definition) is 0. The predicted octanol–water partition coefficient (Wildman–Crippen LogP) is 2.30. The number of fused-ring (bicyclic) bond motifs is 1. The normalized spacial score (nSPS) is 11.7. The second kappa shape index (κ2) is 4.69. The summed E-state index contributed by atoms with van der Waals surface area (Å²) in [5, 5.41) is 9.14. The molecule has 0 unspecified atom stereocenters. The third-order valence-corrected chi connectivity index (χ3v) is 3.56. The van der Waals surface area contributed by atoms with Crippen LogP contribution in [0.5, 0.6) is 0 Å². The molecule has 116 valence electrons. The molecule has 3 heterocycles. The van der Waals surface area contributed by atoms with Gasteiger partial charge in [0.25, 0.3) is 5.89 Å². The lowest BCUT2D eigenvalue weighted by Gasteiger charge is -2.07. The Morgan fingerprint density at radius 1 is 1.18 bits per heavy atom. The van der Waals surface area contributed by atoms with Crippen molar-refractivity contribution in [3.05, 3.63) is 21.8 Å². The molecule has 0 N–H and O–H groups in total. The first kappa shape index (κ1) is 14.3. The molecule has 0 aromatic carbocycles. The van der Waals surface area contributed by atoms with E-state index in [1.54, 1.807) is 0 Å². The Morgan fingerprint density at radius 3 is 2.36 bits per heavy atom. The van der Waals surface area contributed by atoms with Gasteiger partial charge in [-0.15, -0.1) is 14.9 Å². The summed E-state index contributed by atoms with van der Waals surface area (Å²) in [6, 6.07) is 0.209. The van der Waals surface area contributed by atoms with Crippen molar-refractivity contribution in [2.24, 2.45) is 0 Å². The van der Waals surface area contributed by atoms with Crippen LogP contribution in [-0.2, 0) is 0 Å². The maximum Gasteiger partial charge on any atom is 0.444 e. The molecule has 0 bridgehead atoms. The van der Waals surface area contributed by atoms with Gasteiger partial charge in [-0.05, 0) is 27.7 Å². The topological polar surface area (TPSA) is 96.1 Å². The third-order valence-electron chi connectivity index (χ3n) is 3.56. The Kier molecular flexibility index (Phi) is 3.05. The summed E-state index contributed by atoms with van der Waals surface area (Å²) in [4.78, 5) is 22.9. The fourth-order valence-corrected chi connectivity index (χ4v) is 2.56. The molecule has 0 fully saturated rings. The van der Waals surface area contributed by atoms with E-state index in [4.69, 9.17) is 8.83 Å². The van der Waals surface area contributed by atoms with Gasteiger partial charge in [0.1, 0.15) is 0 Å². The molecule has 0 atom stereocenters. The van der Waals surface area contributed by atoms with E-state index in [1.807, 2.05) is 32.4 Å². The molecule has 0 saturated carbocycles. The van der Waals surface area contributed by atoms with E-state index in [2.05, 4.69) is 10.2 Å². The molecule has 0 aliphatic carbocycles. The maximum atomic E-state index is 11.6. The zero-order valence-corrected chi connectivity index (χ0v) is 13.0. The maximum absolute atomic E-state index is 11.6. The van der Waals surface area contributed by atoms with E-state index in [-0.39, 0.29) is 11.9 Å². The van der Waals surface area contributed by atoms with Crippen LogP contribution >= 0.6 is 0 Å². The van der Waals surface area contributed by atoms with Gasteiger partial charge in [-0.3, -0.25) is 9.48 Å². The van der Waals surface area contributed by atoms with Gasteiger partial charge in [0, 0.05) is 24.2 Å². The summed E-state index contributed by atoms with van der Waals surface area (Å²) >= 11 is 0. The van der Waals surface area contributed by atoms with Gasteiger partial charge in [0.05, 0.1) is 5.39 Å². The van der Waals surface area contributed by atoms with Gasteiger partial charge in [-0.1, -0.05) is 0 Å². The number of furan rings is 1. The zero-order chi connectivity index (χ0) is 16.2. The lowest BCUT2D eigenvalue weighted by atomic mass is 10.2. The second-order valence-corrected chi connectivity index (χ2v) is 5.46. The van der Waals surface area contributed by atoms with Crippen molar-refractivity contribution in [2.75, 3.05) is 0 Å². The lowest BCUT2D eigenvalue weighted by molar-refractivity contribution is 0.0913. The molecule has 8 nitrogen and oxygen atoms in total. The molecule has 3 rings (SSSR count). The Labute approximate surface area is 125 Å². The van der Waals surface area contributed by atoms with E-state index in [0.717, 1.165) is 16.6 Å². The molecule has 0 aliphatic heterocycles. The standard InChI is InChI=1S/C14H16N4O4/c1-6(2)17-8(4)10-7(3)11(21-12(10)15-17)13-16-18(9(5)19)14(20)22-13/h6H,1-5H3. The Balaban J connectivity index is 2.21. The summed E-state index contributed by atoms with van der Waals surface area (Å²) < 4.78 is 13.2. The van der Waals surface area contributed by atoms with Crippen molar-refractivity contribution in [3.8, 4) is 11.7 Å². The van der Waals surface area contributed by atoms with Crippen molar-refractivity contribution in [3.63, 3.8) is 0 Å². The first-order chi connectivity index (χ1) is 10.3. The molecule has 0 spiro atoms. The highest BCUT2D eigenvalue weighted by Crippen LogP contribution is 2.33. The van der Waals surface area contributed by atoms with E-state index in [0.29, 0.717) is 16.2 Å². The lowest BCUT2D eigenvalue weighted by Crippen LogP contribution is -2.21. The highest BCUT2D eigenvalue weighted by Gasteiger charge is 2.24. The average molecular weight is 304 g/mol. The van der Waals surface area contributed by atoms with E-state index >= 15 is 0 Å². The van der Waals surface area contributed by atoms with Crippen LogP contribution in [0.2, 0.25) is 0 Å². The van der Waals surface area contributed by atoms with Gasteiger partial charge in [0.2, 0.25) is 11.6 Å². The van der Waals surface area contributed by atoms with Crippen molar-refractivity contribution in [1.29, 1.82) is 0 Å². The number of aryl methyl sites for hydroxylation is 2. The van der Waals surface area contributed by atoms with Crippen molar-refractivity contribution in [1.82, 2.24) is 19.6 Å². The second-order valence-electron chi connectivity index (χ2n) is 5.46. The van der Waals surface area contributed by atoms with Crippen LogP contribution in [0.25, 0.3) is 22.8 Å². The van der Waals surface area contributed by atoms with Crippen LogP contribution in [-0.4, -0.2) is 25.5 Å². The fourth-order valence-electron chi connectivity index (χ4n) is 2.56. The van der Waals surface area contributed by atoms with E-state index in [9.17, 15) is 9.59 Å². The SMILES string of the molecule is CC(=O)n1nc(-c2oc3nn(C(C)C)c(C)c3c2C)oc1=O. The number of carbonyl (C=O) groups is 1. The van der Waals surface area contributed by atoms with E-state index < -0.39 is 11.7 Å². The van der Waals surface area contributed by atoms with E-state index in [1.165, 1.54) is 6.92 Å². The Morgan fingerprint density at radius 2 is 1.86 bits per heavy atom. The molecule has 0 aliphatic rings. The smallest absolute Gasteiger partial charge is 0.431 e. The number of nitrogens with zero attached hydrogens (tertiary/aromatic N) is 4. The molecule has 8 heteroatoms. The molecule has 0 radical (unpaired) electrons. The molecular formula is C14H16N4O4. The van der Waals surface area contributed by atoms with Gasteiger partial charge in [0.15, 0.2) is 5.76 Å². The van der Waals surface area contributed by atoms with Crippen LogP contribution in [0.3, 0.4) is 0 Å². The van der Waals surface area contributed by atoms with Crippen LogP contribution in [0.1, 0.15) is 42.9 Å². The van der Waals surface area contributed by atoms with Gasteiger partial charge in [-0.25, -0.2) is 4.79 Å². The molecule has 22 heavy (non-hydrogen) atoms. The summed E-state index contributed by atoms with van der Waals surface area (Å²) in [7, 11) is 0. The van der Waals surface area contributed by atoms with Gasteiger partial charge in [-0.2, -0.15) is 0 Å². The molecule has 3 aromatic heterocycles. The van der Waals surface area contributed by atoms with Crippen LogP contribution in [0, 0.1) is 13.8 Å². The average Bonchev–Trinajstić information content (AvgIpc) is 3.05. The number of carbonyl (C=O) groups excluding carboxylic acids is 1. The largest absolute Gasteiger partial charge is 0.444 e. The Hall–Kier alpha value is -2.64. The van der Waals surface area contributed by atoms with Crippen molar-refractivity contribution >= 4 is 17.0 Å². The van der Waals surface area contributed by atoms with Gasteiger partial charge < -0.3 is 8.83 Å².